The quantitative estimate of drug-likeness (QED) is 0.401. The Hall–Kier alpha value is -2.39. The summed E-state index contributed by atoms with van der Waals surface area (Å²) in [6.07, 6.45) is 0. The van der Waals surface area contributed by atoms with Crippen LogP contribution in [0.5, 0.6) is 0 Å². The summed E-state index contributed by atoms with van der Waals surface area (Å²) in [5, 5.41) is 3.92. The van der Waals surface area contributed by atoms with Gasteiger partial charge in [-0.15, -0.1) is 0 Å². The van der Waals surface area contributed by atoms with E-state index >= 15 is 0 Å². The Morgan fingerprint density at radius 2 is 2.07 bits per heavy atom. The average molecular weight is 198 g/mol. The average Bonchev–Trinajstić information content (AvgIpc) is 2.29. The van der Waals surface area contributed by atoms with Gasteiger partial charge in [-0.05, 0) is 22.8 Å². The molecule has 0 saturated carbocycles. The summed E-state index contributed by atoms with van der Waals surface area (Å²) >= 11 is 0. The number of nitrogens with zero attached hydrogens (tertiary/aromatic N) is 4. The highest BCUT2D eigenvalue weighted by molar-refractivity contribution is 5.95. The fourth-order valence-electron chi connectivity index (χ4n) is 1.28. The molecule has 1 aromatic heterocycles. The van der Waals surface area contributed by atoms with Gasteiger partial charge in [-0.1, -0.05) is 24.3 Å². The molecule has 0 aliphatic rings. The number of aromatic nitrogens is 1. The lowest BCUT2D eigenvalue weighted by Gasteiger charge is -1.98. The summed E-state index contributed by atoms with van der Waals surface area (Å²) in [6, 6.07) is 10.7. The zero-order chi connectivity index (χ0) is 10.7. The summed E-state index contributed by atoms with van der Waals surface area (Å²) in [7, 11) is 0. The molecule has 5 nitrogen and oxygen atoms in total. The van der Waals surface area contributed by atoms with Crippen LogP contribution < -0.4 is 0 Å². The Bertz CT molecular complexity index is 572. The van der Waals surface area contributed by atoms with Crippen LogP contribution in [0.2, 0.25) is 0 Å². The van der Waals surface area contributed by atoms with Gasteiger partial charge in [-0.25, -0.2) is 4.98 Å². The summed E-state index contributed by atoms with van der Waals surface area (Å²) in [5.74, 6) is -0.664. The van der Waals surface area contributed by atoms with Crippen LogP contribution in [0.15, 0.2) is 41.5 Å². The van der Waals surface area contributed by atoms with Crippen molar-refractivity contribution in [3.8, 4) is 0 Å². The Morgan fingerprint density at radius 3 is 2.87 bits per heavy atom. The normalized spacial score (nSPS) is 9.60. The van der Waals surface area contributed by atoms with Crippen molar-refractivity contribution in [2.75, 3.05) is 0 Å². The van der Waals surface area contributed by atoms with Crippen molar-refractivity contribution in [1.29, 1.82) is 0 Å². The van der Waals surface area contributed by atoms with E-state index in [0.29, 0.717) is 5.52 Å². The molecule has 0 aliphatic carbocycles. The third-order valence-corrected chi connectivity index (χ3v) is 1.95. The van der Waals surface area contributed by atoms with E-state index in [2.05, 4.69) is 15.0 Å². The van der Waals surface area contributed by atoms with Crippen molar-refractivity contribution in [1.82, 2.24) is 4.98 Å². The number of rotatable bonds is 1. The second kappa shape index (κ2) is 3.77. The first kappa shape index (κ1) is 9.18. The van der Waals surface area contributed by atoms with Crippen LogP contribution in [0.25, 0.3) is 21.3 Å². The van der Waals surface area contributed by atoms with Crippen LogP contribution in [0.3, 0.4) is 0 Å². The number of carbonyl (C=O) groups excluding carboxylic acids is 1. The predicted molar refractivity (Wildman–Crippen MR) is 55.2 cm³/mol. The topological polar surface area (TPSA) is 78.7 Å². The summed E-state index contributed by atoms with van der Waals surface area (Å²) in [4.78, 5) is 17.7. The Labute approximate surface area is 85.0 Å². The first-order valence-corrected chi connectivity index (χ1v) is 4.26. The van der Waals surface area contributed by atoms with E-state index < -0.39 is 5.91 Å². The fourth-order valence-corrected chi connectivity index (χ4v) is 1.28. The number of azide groups is 1. The molecule has 0 unspecified atom stereocenters. The van der Waals surface area contributed by atoms with Gasteiger partial charge in [0.15, 0.2) is 0 Å². The number of amides is 1. The largest absolute Gasteiger partial charge is 0.285 e. The van der Waals surface area contributed by atoms with Gasteiger partial charge in [0.05, 0.1) is 5.52 Å². The van der Waals surface area contributed by atoms with Crippen LogP contribution in [0.4, 0.5) is 0 Å². The van der Waals surface area contributed by atoms with Crippen molar-refractivity contribution in [3.63, 3.8) is 0 Å². The van der Waals surface area contributed by atoms with Gasteiger partial charge >= 0.3 is 0 Å². The van der Waals surface area contributed by atoms with Gasteiger partial charge in [0.2, 0.25) is 0 Å². The van der Waals surface area contributed by atoms with Gasteiger partial charge < -0.3 is 0 Å². The van der Waals surface area contributed by atoms with Crippen LogP contribution in [-0.4, -0.2) is 10.9 Å². The minimum absolute atomic E-state index is 0.159. The maximum atomic E-state index is 11.2. The molecule has 5 heteroatoms. The predicted octanol–water partition coefficient (Wildman–Crippen LogP) is 2.69. The molecule has 0 aliphatic heterocycles. The standard InChI is InChI=1S/C10H6N4O/c11-14-13-10(15)9-6-5-7-3-1-2-4-8(7)12-9/h1-6H. The number of carbonyl (C=O) groups is 1. The van der Waals surface area contributed by atoms with E-state index in [0.717, 1.165) is 5.39 Å². The molecule has 0 atom stereocenters. The number of fused-ring (bicyclic) bond motifs is 1. The number of hydrogen-bond acceptors (Lipinski definition) is 2. The molecular formula is C10H6N4O. The van der Waals surface area contributed by atoms with Crippen molar-refractivity contribution in [2.24, 2.45) is 5.11 Å². The minimum Gasteiger partial charge on any atom is -0.285 e. The molecule has 1 amide bonds. The first-order chi connectivity index (χ1) is 7.31. The van der Waals surface area contributed by atoms with Gasteiger partial charge in [-0.2, -0.15) is 0 Å². The maximum absolute atomic E-state index is 11.2. The second-order valence-corrected chi connectivity index (χ2v) is 2.88. The third-order valence-electron chi connectivity index (χ3n) is 1.95. The number of benzene rings is 1. The zero-order valence-electron chi connectivity index (χ0n) is 7.66. The monoisotopic (exact) mass is 198 g/mol. The van der Waals surface area contributed by atoms with E-state index in [1.165, 1.54) is 0 Å². The molecule has 0 N–H and O–H groups in total. The molecule has 2 rings (SSSR count). The van der Waals surface area contributed by atoms with Gasteiger partial charge in [0, 0.05) is 10.3 Å². The number of para-hydroxylation sites is 1. The summed E-state index contributed by atoms with van der Waals surface area (Å²) < 4.78 is 0. The SMILES string of the molecule is [N-]=[N+]=NC(=O)c1ccc2ccccc2n1. The molecule has 0 bridgehead atoms. The van der Waals surface area contributed by atoms with E-state index in [1.807, 2.05) is 18.2 Å². The highest BCUT2D eigenvalue weighted by atomic mass is 16.1. The molecule has 0 radical (unpaired) electrons. The van der Waals surface area contributed by atoms with Crippen LogP contribution in [0, 0.1) is 0 Å². The van der Waals surface area contributed by atoms with E-state index in [-0.39, 0.29) is 5.69 Å². The molecular weight excluding hydrogens is 192 g/mol. The molecule has 15 heavy (non-hydrogen) atoms. The molecule has 1 aromatic carbocycles. The summed E-state index contributed by atoms with van der Waals surface area (Å²) in [6.45, 7) is 0. The smallest absolute Gasteiger partial charge is 0.267 e. The molecule has 72 valence electrons. The lowest BCUT2D eigenvalue weighted by molar-refractivity contribution is 0.0996. The Balaban J connectivity index is 2.56. The van der Waals surface area contributed by atoms with Gasteiger partial charge in [-0.3, -0.25) is 4.79 Å². The molecule has 0 spiro atoms. The maximum Gasteiger partial charge on any atom is 0.267 e. The van der Waals surface area contributed by atoms with E-state index in [4.69, 9.17) is 5.53 Å². The highest BCUT2D eigenvalue weighted by Crippen LogP contribution is 2.12. The van der Waals surface area contributed by atoms with Crippen molar-refractivity contribution < 1.29 is 4.79 Å². The number of pyridine rings is 1. The van der Waals surface area contributed by atoms with Gasteiger partial charge in [0.25, 0.3) is 5.91 Å². The molecule has 0 saturated heterocycles. The summed E-state index contributed by atoms with van der Waals surface area (Å²) in [5.41, 5.74) is 8.98. The fraction of sp³-hybridized carbons (Fsp3) is 0. The van der Waals surface area contributed by atoms with E-state index in [9.17, 15) is 4.79 Å². The van der Waals surface area contributed by atoms with Crippen molar-refractivity contribution >= 4 is 16.8 Å². The first-order valence-electron chi connectivity index (χ1n) is 4.26. The van der Waals surface area contributed by atoms with Gasteiger partial charge in [0.1, 0.15) is 5.69 Å². The minimum atomic E-state index is -0.664. The second-order valence-electron chi connectivity index (χ2n) is 2.88. The molecule has 2 aromatic rings. The van der Waals surface area contributed by atoms with Crippen LogP contribution in [-0.2, 0) is 0 Å². The lowest BCUT2D eigenvalue weighted by atomic mass is 10.2. The third kappa shape index (κ3) is 1.77. The molecule has 0 fully saturated rings. The highest BCUT2D eigenvalue weighted by Gasteiger charge is 2.04. The van der Waals surface area contributed by atoms with Crippen LogP contribution >= 0.6 is 0 Å². The van der Waals surface area contributed by atoms with Crippen molar-refractivity contribution in [3.05, 3.63) is 52.5 Å². The Morgan fingerprint density at radius 1 is 1.27 bits per heavy atom. The van der Waals surface area contributed by atoms with E-state index in [1.54, 1.807) is 18.2 Å². The zero-order valence-corrected chi connectivity index (χ0v) is 7.66. The lowest BCUT2D eigenvalue weighted by Crippen LogP contribution is -1.97. The van der Waals surface area contributed by atoms with Crippen LogP contribution in [0.1, 0.15) is 10.5 Å². The Kier molecular flexibility index (Phi) is 2.31. The number of hydrogen-bond donors (Lipinski definition) is 0. The van der Waals surface area contributed by atoms with Crippen molar-refractivity contribution in [2.45, 2.75) is 0 Å². The molecule has 1 heterocycles.